The number of benzene rings is 3. The van der Waals surface area contributed by atoms with Gasteiger partial charge in [0.1, 0.15) is 12.4 Å². The standard InChI is InChI=1S/C28H28N2O5/c31-27(15-20-6-2-1-3-7-20)30-13-5-9-22(17-30)28(32)29-23-10-4-8-21(14-23)18-33-24-11-12-25-26(16-24)35-19-34-25/h1-4,6-8,10-12,14,16,22H,5,9,13,15,17-19H2,(H,29,32). The van der Waals surface area contributed by atoms with Gasteiger partial charge < -0.3 is 24.4 Å². The van der Waals surface area contributed by atoms with Gasteiger partial charge in [-0.2, -0.15) is 0 Å². The van der Waals surface area contributed by atoms with Crippen molar-refractivity contribution in [1.82, 2.24) is 4.90 Å². The first-order valence-electron chi connectivity index (χ1n) is 11.9. The lowest BCUT2D eigenvalue weighted by Crippen LogP contribution is -2.44. The monoisotopic (exact) mass is 472 g/mol. The zero-order valence-electron chi connectivity index (χ0n) is 19.4. The molecule has 3 aromatic carbocycles. The van der Waals surface area contributed by atoms with E-state index in [9.17, 15) is 9.59 Å². The molecule has 5 rings (SSSR count). The van der Waals surface area contributed by atoms with Crippen LogP contribution >= 0.6 is 0 Å². The molecule has 0 aliphatic carbocycles. The molecule has 0 spiro atoms. The highest BCUT2D eigenvalue weighted by molar-refractivity contribution is 5.93. The summed E-state index contributed by atoms with van der Waals surface area (Å²) in [5.41, 5.74) is 2.64. The van der Waals surface area contributed by atoms with Crippen LogP contribution in [-0.4, -0.2) is 36.6 Å². The van der Waals surface area contributed by atoms with Gasteiger partial charge in [-0.15, -0.1) is 0 Å². The molecule has 2 heterocycles. The van der Waals surface area contributed by atoms with E-state index in [4.69, 9.17) is 14.2 Å². The highest BCUT2D eigenvalue weighted by atomic mass is 16.7. The number of nitrogens with zero attached hydrogens (tertiary/aromatic N) is 1. The van der Waals surface area contributed by atoms with Crippen LogP contribution in [0.5, 0.6) is 17.2 Å². The first-order chi connectivity index (χ1) is 17.1. The molecule has 7 nitrogen and oxygen atoms in total. The number of ether oxygens (including phenoxy) is 3. The lowest BCUT2D eigenvalue weighted by molar-refractivity contribution is -0.133. The average Bonchev–Trinajstić information content (AvgIpc) is 3.36. The van der Waals surface area contributed by atoms with Gasteiger partial charge in [0, 0.05) is 24.8 Å². The molecule has 2 aliphatic heterocycles. The number of carbonyl (C=O) groups is 2. The third-order valence-electron chi connectivity index (χ3n) is 6.29. The van der Waals surface area contributed by atoms with Gasteiger partial charge in [0.05, 0.1) is 12.3 Å². The number of hydrogen-bond acceptors (Lipinski definition) is 5. The number of carbonyl (C=O) groups excluding carboxylic acids is 2. The number of nitrogens with one attached hydrogen (secondary N) is 1. The number of amides is 2. The molecule has 1 atom stereocenters. The Labute approximate surface area is 204 Å². The Kier molecular flexibility index (Phi) is 6.84. The summed E-state index contributed by atoms with van der Waals surface area (Å²) in [5, 5.41) is 3.02. The van der Waals surface area contributed by atoms with Gasteiger partial charge in [-0.25, -0.2) is 0 Å². The maximum Gasteiger partial charge on any atom is 0.231 e. The van der Waals surface area contributed by atoms with Crippen molar-refractivity contribution in [3.05, 3.63) is 83.9 Å². The minimum Gasteiger partial charge on any atom is -0.489 e. The smallest absolute Gasteiger partial charge is 0.231 e. The summed E-state index contributed by atoms with van der Waals surface area (Å²) >= 11 is 0. The number of piperidine rings is 1. The van der Waals surface area contributed by atoms with Crippen molar-refractivity contribution in [3.8, 4) is 17.2 Å². The third-order valence-corrected chi connectivity index (χ3v) is 6.29. The first kappa shape index (κ1) is 22.8. The second-order valence-corrected chi connectivity index (χ2v) is 8.83. The van der Waals surface area contributed by atoms with Crippen LogP contribution in [0, 0.1) is 5.92 Å². The molecule has 0 aromatic heterocycles. The van der Waals surface area contributed by atoms with Crippen LogP contribution in [0.15, 0.2) is 72.8 Å². The Morgan fingerprint density at radius 1 is 0.943 bits per heavy atom. The normalized spacial score (nSPS) is 16.6. The van der Waals surface area contributed by atoms with E-state index in [0.29, 0.717) is 43.4 Å². The minimum atomic E-state index is -0.225. The molecule has 180 valence electrons. The van der Waals surface area contributed by atoms with Crippen molar-refractivity contribution in [2.75, 3.05) is 25.2 Å². The summed E-state index contributed by atoms with van der Waals surface area (Å²) in [6.45, 7) is 1.72. The van der Waals surface area contributed by atoms with Gasteiger partial charge in [0.2, 0.25) is 18.6 Å². The molecular formula is C28H28N2O5. The number of hydrogen-bond donors (Lipinski definition) is 1. The molecule has 3 aromatic rings. The fourth-order valence-electron chi connectivity index (χ4n) is 4.42. The Hall–Kier alpha value is -4.00. The summed E-state index contributed by atoms with van der Waals surface area (Å²) in [7, 11) is 0. The Bertz CT molecular complexity index is 1200. The number of anilines is 1. The van der Waals surface area contributed by atoms with Crippen LogP contribution in [0.4, 0.5) is 5.69 Å². The third kappa shape index (κ3) is 5.74. The first-order valence-corrected chi connectivity index (χ1v) is 11.9. The van der Waals surface area contributed by atoms with E-state index in [2.05, 4.69) is 5.32 Å². The molecule has 0 radical (unpaired) electrons. The van der Waals surface area contributed by atoms with Crippen LogP contribution in [0.2, 0.25) is 0 Å². The van der Waals surface area contributed by atoms with Crippen LogP contribution < -0.4 is 19.5 Å². The van der Waals surface area contributed by atoms with E-state index in [1.165, 1.54) is 0 Å². The van der Waals surface area contributed by atoms with E-state index in [1.54, 1.807) is 0 Å². The highest BCUT2D eigenvalue weighted by Gasteiger charge is 2.28. The van der Waals surface area contributed by atoms with Gasteiger partial charge in [-0.1, -0.05) is 42.5 Å². The number of likely N-dealkylation sites (tertiary alicyclic amines) is 1. The summed E-state index contributed by atoms with van der Waals surface area (Å²) in [5.74, 6) is 1.85. The molecule has 0 bridgehead atoms. The van der Waals surface area contributed by atoms with E-state index in [1.807, 2.05) is 77.7 Å². The SMILES string of the molecule is O=C(Nc1cccc(COc2ccc3c(c2)OCO3)c1)C1CCCN(C(=O)Cc2ccccc2)C1. The predicted octanol–water partition coefficient (Wildman–Crippen LogP) is 4.41. The Morgan fingerprint density at radius 3 is 2.66 bits per heavy atom. The number of rotatable bonds is 7. The van der Waals surface area contributed by atoms with Crippen LogP contribution in [-0.2, 0) is 22.6 Å². The molecule has 1 saturated heterocycles. The maximum atomic E-state index is 13.0. The topological polar surface area (TPSA) is 77.1 Å². The maximum absolute atomic E-state index is 13.0. The molecule has 7 heteroatoms. The lowest BCUT2D eigenvalue weighted by Gasteiger charge is -2.32. The predicted molar refractivity (Wildman–Crippen MR) is 131 cm³/mol. The second kappa shape index (κ2) is 10.5. The van der Waals surface area contributed by atoms with Crippen molar-refractivity contribution in [3.63, 3.8) is 0 Å². The van der Waals surface area contributed by atoms with Gasteiger partial charge in [0.25, 0.3) is 0 Å². The largest absolute Gasteiger partial charge is 0.489 e. The van der Waals surface area contributed by atoms with E-state index in [-0.39, 0.29) is 24.5 Å². The van der Waals surface area contributed by atoms with E-state index >= 15 is 0 Å². The van der Waals surface area contributed by atoms with Gasteiger partial charge in [0.15, 0.2) is 11.5 Å². The van der Waals surface area contributed by atoms with Crippen molar-refractivity contribution >= 4 is 17.5 Å². The molecule has 1 fully saturated rings. The van der Waals surface area contributed by atoms with Gasteiger partial charge in [-0.05, 0) is 48.2 Å². The summed E-state index contributed by atoms with van der Waals surface area (Å²) in [4.78, 5) is 27.6. The zero-order valence-corrected chi connectivity index (χ0v) is 19.4. The van der Waals surface area contributed by atoms with Crippen molar-refractivity contribution in [2.45, 2.75) is 25.9 Å². The minimum absolute atomic E-state index is 0.0592. The van der Waals surface area contributed by atoms with E-state index < -0.39 is 0 Å². The van der Waals surface area contributed by atoms with Gasteiger partial charge >= 0.3 is 0 Å². The summed E-state index contributed by atoms with van der Waals surface area (Å²) < 4.78 is 16.6. The molecule has 2 aliphatic rings. The molecule has 2 amide bonds. The van der Waals surface area contributed by atoms with Crippen molar-refractivity contribution in [1.29, 1.82) is 0 Å². The Balaban J connectivity index is 1.15. The average molecular weight is 473 g/mol. The second-order valence-electron chi connectivity index (χ2n) is 8.83. The Morgan fingerprint density at radius 2 is 1.77 bits per heavy atom. The van der Waals surface area contributed by atoms with Crippen LogP contribution in [0.1, 0.15) is 24.0 Å². The molecule has 35 heavy (non-hydrogen) atoms. The van der Waals surface area contributed by atoms with Gasteiger partial charge in [-0.3, -0.25) is 9.59 Å². The summed E-state index contributed by atoms with van der Waals surface area (Å²) in [6, 6.07) is 22.8. The fraction of sp³-hybridized carbons (Fsp3) is 0.286. The highest BCUT2D eigenvalue weighted by Crippen LogP contribution is 2.35. The van der Waals surface area contributed by atoms with Crippen molar-refractivity contribution in [2.24, 2.45) is 5.92 Å². The van der Waals surface area contributed by atoms with Crippen LogP contribution in [0.3, 0.4) is 0 Å². The molecule has 1 unspecified atom stereocenters. The summed E-state index contributed by atoms with van der Waals surface area (Å²) in [6.07, 6.45) is 1.95. The zero-order chi connectivity index (χ0) is 24.0. The quantitative estimate of drug-likeness (QED) is 0.551. The molecule has 0 saturated carbocycles. The number of fused-ring (bicyclic) bond motifs is 1. The molecule has 1 N–H and O–H groups in total. The van der Waals surface area contributed by atoms with Crippen molar-refractivity contribution < 1.29 is 23.8 Å². The van der Waals surface area contributed by atoms with E-state index in [0.717, 1.165) is 29.7 Å². The fourth-order valence-corrected chi connectivity index (χ4v) is 4.42. The molecular weight excluding hydrogens is 444 g/mol. The van der Waals surface area contributed by atoms with Crippen LogP contribution in [0.25, 0.3) is 0 Å². The lowest BCUT2D eigenvalue weighted by atomic mass is 9.96.